The molecular formula is C4H4F2O6. The van der Waals surface area contributed by atoms with Gasteiger partial charge in [0.05, 0.1) is 0 Å². The molecule has 0 spiro atoms. The van der Waals surface area contributed by atoms with Crippen molar-refractivity contribution in [3.63, 3.8) is 0 Å². The number of hydrogen-bond acceptors (Lipinski definition) is 4. The number of carboxylic acid groups (broad SMARTS) is 2. The topological polar surface area (TPSA) is 93.1 Å². The molecule has 0 aliphatic carbocycles. The van der Waals surface area contributed by atoms with Gasteiger partial charge in [0.15, 0.2) is 0 Å². The highest BCUT2D eigenvalue weighted by Crippen LogP contribution is 2.16. The van der Waals surface area contributed by atoms with Gasteiger partial charge < -0.3 is 19.7 Å². The summed E-state index contributed by atoms with van der Waals surface area (Å²) < 4.78 is 30.4. The zero-order valence-electron chi connectivity index (χ0n) is 5.44. The maximum Gasteiger partial charge on any atom is 0.513 e. The third-order valence-electron chi connectivity index (χ3n) is 0.624. The van der Waals surface area contributed by atoms with Crippen molar-refractivity contribution in [1.29, 1.82) is 0 Å². The highest BCUT2D eigenvalue weighted by atomic mass is 19.2. The Bertz CT molecular complexity index is 166. The van der Waals surface area contributed by atoms with E-state index >= 15 is 0 Å². The minimum absolute atomic E-state index is 1.30. The Morgan fingerprint density at radius 1 is 1.25 bits per heavy atom. The molecule has 8 heteroatoms. The molecule has 1 heterocycles. The van der Waals surface area contributed by atoms with Gasteiger partial charge in [-0.2, -0.15) is 8.78 Å². The van der Waals surface area contributed by atoms with E-state index in [1.54, 1.807) is 0 Å². The minimum Gasteiger partial charge on any atom is -0.450 e. The molecule has 0 bridgehead atoms. The van der Waals surface area contributed by atoms with Gasteiger partial charge in [0.1, 0.15) is 0 Å². The lowest BCUT2D eigenvalue weighted by atomic mass is 10.7. The van der Waals surface area contributed by atoms with Crippen LogP contribution in [0, 0.1) is 0 Å². The first-order chi connectivity index (χ1) is 5.43. The van der Waals surface area contributed by atoms with Crippen LogP contribution in [-0.2, 0) is 9.47 Å². The van der Waals surface area contributed by atoms with Gasteiger partial charge in [0, 0.05) is 0 Å². The SMILES string of the molecule is O=C(O)O.O=C1OC(F)C(F)O1. The number of cyclic esters (lactones) is 2. The number of hydrogen-bond donors (Lipinski definition) is 2. The van der Waals surface area contributed by atoms with E-state index in [1.165, 1.54) is 0 Å². The average molecular weight is 186 g/mol. The number of halogens is 2. The van der Waals surface area contributed by atoms with Crippen molar-refractivity contribution in [3.05, 3.63) is 0 Å². The fourth-order valence-electron chi connectivity index (χ4n) is 0.319. The number of rotatable bonds is 0. The van der Waals surface area contributed by atoms with Gasteiger partial charge in [0.2, 0.25) is 0 Å². The molecular weight excluding hydrogens is 182 g/mol. The zero-order valence-corrected chi connectivity index (χ0v) is 5.44. The molecule has 12 heavy (non-hydrogen) atoms. The van der Waals surface area contributed by atoms with Crippen LogP contribution in [0.4, 0.5) is 18.4 Å². The molecule has 0 aromatic rings. The van der Waals surface area contributed by atoms with Crippen LogP contribution in [0.3, 0.4) is 0 Å². The molecule has 2 N–H and O–H groups in total. The summed E-state index contributed by atoms with van der Waals surface area (Å²) in [6.45, 7) is 0. The molecule has 0 aromatic carbocycles. The third kappa shape index (κ3) is 4.25. The summed E-state index contributed by atoms with van der Waals surface area (Å²) in [6, 6.07) is 0. The summed E-state index contributed by atoms with van der Waals surface area (Å²) >= 11 is 0. The van der Waals surface area contributed by atoms with Crippen LogP contribution in [0.1, 0.15) is 0 Å². The second kappa shape index (κ2) is 4.31. The first-order valence-electron chi connectivity index (χ1n) is 2.50. The molecule has 1 aliphatic heterocycles. The summed E-state index contributed by atoms with van der Waals surface area (Å²) in [4.78, 5) is 18.3. The Labute approximate surface area is 64.3 Å². The Hall–Kier alpha value is -1.60. The number of ether oxygens (including phenoxy) is 2. The second-order valence-electron chi connectivity index (χ2n) is 1.47. The van der Waals surface area contributed by atoms with E-state index in [-0.39, 0.29) is 0 Å². The molecule has 1 aliphatic rings. The van der Waals surface area contributed by atoms with E-state index < -0.39 is 25.0 Å². The van der Waals surface area contributed by atoms with Crippen LogP contribution in [0.15, 0.2) is 0 Å². The van der Waals surface area contributed by atoms with Crippen molar-refractivity contribution in [3.8, 4) is 0 Å². The molecule has 6 nitrogen and oxygen atoms in total. The van der Waals surface area contributed by atoms with Crippen LogP contribution >= 0.6 is 0 Å². The lowest BCUT2D eigenvalue weighted by Gasteiger charge is -1.92. The van der Waals surface area contributed by atoms with Crippen molar-refractivity contribution in [2.45, 2.75) is 12.7 Å². The van der Waals surface area contributed by atoms with Crippen LogP contribution in [0.25, 0.3) is 0 Å². The van der Waals surface area contributed by atoms with Crippen molar-refractivity contribution < 1.29 is 38.1 Å². The Morgan fingerprint density at radius 2 is 1.50 bits per heavy atom. The predicted molar refractivity (Wildman–Crippen MR) is 28.0 cm³/mol. The van der Waals surface area contributed by atoms with Gasteiger partial charge in [-0.05, 0) is 0 Å². The average Bonchev–Trinajstić information content (AvgIpc) is 2.08. The fraction of sp³-hybridized carbons (Fsp3) is 0.500. The van der Waals surface area contributed by atoms with E-state index in [9.17, 15) is 13.6 Å². The first kappa shape index (κ1) is 10.4. The fourth-order valence-corrected chi connectivity index (χ4v) is 0.319. The molecule has 2 unspecified atom stereocenters. The van der Waals surface area contributed by atoms with Crippen LogP contribution < -0.4 is 0 Å². The lowest BCUT2D eigenvalue weighted by Crippen LogP contribution is -2.09. The van der Waals surface area contributed by atoms with Crippen LogP contribution in [0.2, 0.25) is 0 Å². The van der Waals surface area contributed by atoms with Gasteiger partial charge in [-0.1, -0.05) is 0 Å². The molecule has 0 amide bonds. The molecule has 0 saturated carbocycles. The molecule has 0 radical (unpaired) electrons. The molecule has 2 atom stereocenters. The molecule has 1 saturated heterocycles. The highest BCUT2D eigenvalue weighted by Gasteiger charge is 2.36. The second-order valence-corrected chi connectivity index (χ2v) is 1.47. The van der Waals surface area contributed by atoms with E-state index in [0.29, 0.717) is 0 Å². The maximum absolute atomic E-state index is 11.6. The standard InChI is InChI=1S/C3H2F2O3.CH2O3/c4-1-2(5)8-3(6)7-1;2-1(3)4/h1-2H;(H2,2,3,4). The predicted octanol–water partition coefficient (Wildman–Crippen LogP) is 0.967. The largest absolute Gasteiger partial charge is 0.513 e. The van der Waals surface area contributed by atoms with E-state index in [4.69, 9.17) is 15.0 Å². The number of alkyl halides is 2. The highest BCUT2D eigenvalue weighted by molar-refractivity contribution is 5.61. The molecule has 70 valence electrons. The van der Waals surface area contributed by atoms with Crippen molar-refractivity contribution in [2.24, 2.45) is 0 Å². The van der Waals surface area contributed by atoms with Gasteiger partial charge >= 0.3 is 25.0 Å². The smallest absolute Gasteiger partial charge is 0.450 e. The van der Waals surface area contributed by atoms with Gasteiger partial charge in [-0.3, -0.25) is 0 Å². The summed E-state index contributed by atoms with van der Waals surface area (Å²) in [7, 11) is 0. The minimum atomic E-state index is -2.25. The quantitative estimate of drug-likeness (QED) is 0.547. The lowest BCUT2D eigenvalue weighted by molar-refractivity contribution is -0.0349. The Morgan fingerprint density at radius 3 is 1.58 bits per heavy atom. The normalized spacial score (nSPS) is 26.3. The maximum atomic E-state index is 11.6. The third-order valence-corrected chi connectivity index (χ3v) is 0.624. The van der Waals surface area contributed by atoms with Crippen molar-refractivity contribution in [1.82, 2.24) is 0 Å². The molecule has 0 aromatic heterocycles. The summed E-state index contributed by atoms with van der Waals surface area (Å²) in [5.41, 5.74) is 0. The van der Waals surface area contributed by atoms with Gasteiger partial charge in [-0.15, -0.1) is 0 Å². The first-order valence-corrected chi connectivity index (χ1v) is 2.50. The summed E-state index contributed by atoms with van der Waals surface area (Å²) in [5.74, 6) is 0. The van der Waals surface area contributed by atoms with Gasteiger partial charge in [-0.25, -0.2) is 9.59 Å². The van der Waals surface area contributed by atoms with Crippen LogP contribution in [-0.4, -0.2) is 35.2 Å². The van der Waals surface area contributed by atoms with E-state index in [0.717, 1.165) is 0 Å². The van der Waals surface area contributed by atoms with Crippen LogP contribution in [0.5, 0.6) is 0 Å². The summed E-state index contributed by atoms with van der Waals surface area (Å²) in [5, 5.41) is 13.9. The molecule has 1 rings (SSSR count). The van der Waals surface area contributed by atoms with E-state index in [2.05, 4.69) is 9.47 Å². The van der Waals surface area contributed by atoms with E-state index in [1.807, 2.05) is 0 Å². The number of carbonyl (C=O) groups is 2. The number of carbonyl (C=O) groups excluding carboxylic acids is 1. The summed E-state index contributed by atoms with van der Waals surface area (Å²) in [6.07, 6.45) is -7.63. The van der Waals surface area contributed by atoms with Gasteiger partial charge in [0.25, 0.3) is 0 Å². The Balaban J connectivity index is 0.000000261. The van der Waals surface area contributed by atoms with Crippen molar-refractivity contribution >= 4 is 12.3 Å². The Kier molecular flexibility index (Phi) is 3.74. The zero-order chi connectivity index (χ0) is 9.72. The van der Waals surface area contributed by atoms with Crippen molar-refractivity contribution in [2.75, 3.05) is 0 Å². The monoisotopic (exact) mass is 186 g/mol. The molecule has 1 fully saturated rings.